The van der Waals surface area contributed by atoms with Crippen LogP contribution in [0, 0.1) is 0 Å². The zero-order chi connectivity index (χ0) is 20.9. The van der Waals surface area contributed by atoms with E-state index in [-0.39, 0.29) is 24.6 Å². The number of hydrogen-bond acceptors (Lipinski definition) is 3. The summed E-state index contributed by atoms with van der Waals surface area (Å²) in [5.74, 6) is -0.945. The van der Waals surface area contributed by atoms with E-state index in [4.69, 9.17) is 9.84 Å². The number of nitrogens with one attached hydrogen (secondary N) is 1. The molecule has 30 heavy (non-hydrogen) atoms. The summed E-state index contributed by atoms with van der Waals surface area (Å²) in [4.78, 5) is 23.1. The summed E-state index contributed by atoms with van der Waals surface area (Å²) in [6, 6.07) is 23.0. The predicted molar refractivity (Wildman–Crippen MR) is 116 cm³/mol. The first-order valence-corrected chi connectivity index (χ1v) is 9.72. The molecule has 0 fully saturated rings. The third-order valence-corrected chi connectivity index (χ3v) is 5.15. The van der Waals surface area contributed by atoms with Crippen LogP contribution in [0.5, 0.6) is 0 Å². The lowest BCUT2D eigenvalue weighted by Gasteiger charge is -2.14. The standard InChI is InChI=1S/C25H21NO4/c27-24(28)18-9-5-7-17(15-18)8-6-14-26-25(29)30-16-23-21-12-3-1-10-19(21)20-11-2-4-13-22(20)23/h1-13,15,23H,14,16H2,(H,26,29)(H,27,28). The summed E-state index contributed by atoms with van der Waals surface area (Å²) >= 11 is 0. The minimum atomic E-state index is -0.970. The number of carboxylic acid groups (broad SMARTS) is 1. The number of ether oxygens (including phenoxy) is 1. The van der Waals surface area contributed by atoms with Crippen molar-refractivity contribution in [1.29, 1.82) is 0 Å². The highest BCUT2D eigenvalue weighted by Gasteiger charge is 2.28. The SMILES string of the molecule is O=C(NCC=Cc1cccc(C(=O)O)c1)OCC1c2ccccc2-c2ccccc21. The third kappa shape index (κ3) is 4.10. The van der Waals surface area contributed by atoms with E-state index in [1.807, 2.05) is 24.3 Å². The van der Waals surface area contributed by atoms with Crippen LogP contribution < -0.4 is 5.32 Å². The summed E-state index contributed by atoms with van der Waals surface area (Å²) in [6.45, 7) is 0.554. The molecule has 0 spiro atoms. The topological polar surface area (TPSA) is 75.6 Å². The molecule has 1 aliphatic carbocycles. The van der Waals surface area contributed by atoms with Gasteiger partial charge in [-0.2, -0.15) is 0 Å². The van der Waals surface area contributed by atoms with Crippen LogP contribution in [0.25, 0.3) is 17.2 Å². The molecule has 0 bridgehead atoms. The molecule has 4 rings (SSSR count). The highest BCUT2D eigenvalue weighted by atomic mass is 16.5. The molecule has 0 aliphatic heterocycles. The maximum absolute atomic E-state index is 12.1. The lowest BCUT2D eigenvalue weighted by atomic mass is 9.98. The number of carbonyl (C=O) groups is 2. The summed E-state index contributed by atoms with van der Waals surface area (Å²) in [5.41, 5.74) is 5.70. The van der Waals surface area contributed by atoms with Gasteiger partial charge in [-0.1, -0.05) is 72.8 Å². The molecule has 0 saturated carbocycles. The van der Waals surface area contributed by atoms with Crippen LogP contribution in [0.3, 0.4) is 0 Å². The van der Waals surface area contributed by atoms with Crippen molar-refractivity contribution in [3.05, 3.63) is 101 Å². The minimum absolute atomic E-state index is 0.0254. The van der Waals surface area contributed by atoms with Crippen molar-refractivity contribution >= 4 is 18.1 Å². The van der Waals surface area contributed by atoms with Crippen molar-refractivity contribution < 1.29 is 19.4 Å². The fraction of sp³-hybridized carbons (Fsp3) is 0.120. The summed E-state index contributed by atoms with van der Waals surface area (Å²) in [7, 11) is 0. The average Bonchev–Trinajstić information content (AvgIpc) is 3.09. The monoisotopic (exact) mass is 399 g/mol. The molecule has 1 amide bonds. The van der Waals surface area contributed by atoms with Crippen LogP contribution in [0.4, 0.5) is 4.79 Å². The van der Waals surface area contributed by atoms with E-state index in [0.717, 1.165) is 5.56 Å². The van der Waals surface area contributed by atoms with E-state index in [2.05, 4.69) is 29.6 Å². The molecule has 0 atom stereocenters. The Morgan fingerprint density at radius 1 is 0.933 bits per heavy atom. The molecule has 5 heteroatoms. The second kappa shape index (κ2) is 8.66. The maximum Gasteiger partial charge on any atom is 0.407 e. The van der Waals surface area contributed by atoms with Crippen molar-refractivity contribution in [3.63, 3.8) is 0 Å². The number of amides is 1. The smallest absolute Gasteiger partial charge is 0.407 e. The van der Waals surface area contributed by atoms with E-state index in [1.54, 1.807) is 30.4 Å². The van der Waals surface area contributed by atoms with Gasteiger partial charge in [0.15, 0.2) is 0 Å². The summed E-state index contributed by atoms with van der Waals surface area (Å²) in [5, 5.41) is 11.7. The van der Waals surface area contributed by atoms with Crippen molar-refractivity contribution in [2.45, 2.75) is 5.92 Å². The average molecular weight is 399 g/mol. The van der Waals surface area contributed by atoms with Gasteiger partial charge in [0.25, 0.3) is 0 Å². The lowest BCUT2D eigenvalue weighted by Crippen LogP contribution is -2.26. The molecule has 0 aromatic heterocycles. The summed E-state index contributed by atoms with van der Waals surface area (Å²) in [6.07, 6.45) is 3.03. The number of benzene rings is 3. The number of carboxylic acids is 1. The van der Waals surface area contributed by atoms with Crippen molar-refractivity contribution in [1.82, 2.24) is 5.32 Å². The van der Waals surface area contributed by atoms with Crippen LogP contribution in [-0.2, 0) is 4.74 Å². The Bertz CT molecular complexity index is 1070. The normalized spacial score (nSPS) is 12.4. The van der Waals surface area contributed by atoms with Gasteiger partial charge in [-0.15, -0.1) is 0 Å². The van der Waals surface area contributed by atoms with E-state index in [0.29, 0.717) is 0 Å². The molecule has 3 aromatic carbocycles. The number of aromatic carboxylic acids is 1. The van der Waals surface area contributed by atoms with Crippen molar-refractivity contribution in [2.75, 3.05) is 13.2 Å². The quantitative estimate of drug-likeness (QED) is 0.616. The van der Waals surface area contributed by atoms with Gasteiger partial charge in [0.05, 0.1) is 5.56 Å². The first-order valence-electron chi connectivity index (χ1n) is 9.72. The molecule has 5 nitrogen and oxygen atoms in total. The van der Waals surface area contributed by atoms with Crippen LogP contribution in [0.1, 0.15) is 33.0 Å². The van der Waals surface area contributed by atoms with E-state index >= 15 is 0 Å². The molecule has 0 heterocycles. The molecule has 150 valence electrons. The van der Waals surface area contributed by atoms with Crippen molar-refractivity contribution in [2.24, 2.45) is 0 Å². The number of fused-ring (bicyclic) bond motifs is 3. The Balaban J connectivity index is 1.32. The number of rotatable bonds is 6. The number of carbonyl (C=O) groups excluding carboxylic acids is 1. The molecule has 2 N–H and O–H groups in total. The Morgan fingerprint density at radius 2 is 1.60 bits per heavy atom. The Kier molecular flexibility index (Phi) is 5.61. The Morgan fingerprint density at radius 3 is 2.27 bits per heavy atom. The van der Waals surface area contributed by atoms with E-state index in [9.17, 15) is 9.59 Å². The molecular weight excluding hydrogens is 378 g/mol. The second-order valence-corrected chi connectivity index (χ2v) is 7.04. The second-order valence-electron chi connectivity index (χ2n) is 7.04. The fourth-order valence-corrected chi connectivity index (χ4v) is 3.76. The van der Waals surface area contributed by atoms with E-state index in [1.165, 1.54) is 28.3 Å². The molecule has 0 radical (unpaired) electrons. The van der Waals surface area contributed by atoms with E-state index < -0.39 is 12.1 Å². The van der Waals surface area contributed by atoms with Crippen LogP contribution in [0.2, 0.25) is 0 Å². The van der Waals surface area contributed by atoms with Gasteiger partial charge in [0.2, 0.25) is 0 Å². The number of alkyl carbamates (subject to hydrolysis) is 1. The molecular formula is C25H21NO4. The van der Waals surface area contributed by atoms with Gasteiger partial charge in [-0.3, -0.25) is 0 Å². The van der Waals surface area contributed by atoms with Gasteiger partial charge in [0, 0.05) is 12.5 Å². The zero-order valence-corrected chi connectivity index (χ0v) is 16.2. The van der Waals surface area contributed by atoms with Crippen molar-refractivity contribution in [3.8, 4) is 11.1 Å². The summed E-state index contributed by atoms with van der Waals surface area (Å²) < 4.78 is 5.48. The van der Waals surface area contributed by atoms with Crippen LogP contribution in [-0.4, -0.2) is 30.3 Å². The Labute approximate surface area is 174 Å². The zero-order valence-electron chi connectivity index (χ0n) is 16.2. The van der Waals surface area contributed by atoms with Gasteiger partial charge in [-0.25, -0.2) is 9.59 Å². The largest absolute Gasteiger partial charge is 0.478 e. The van der Waals surface area contributed by atoms with Gasteiger partial charge >= 0.3 is 12.1 Å². The van der Waals surface area contributed by atoms with Crippen LogP contribution in [0.15, 0.2) is 78.9 Å². The molecule has 0 saturated heterocycles. The number of hydrogen-bond donors (Lipinski definition) is 2. The van der Waals surface area contributed by atoms with Crippen LogP contribution >= 0.6 is 0 Å². The minimum Gasteiger partial charge on any atom is -0.478 e. The van der Waals surface area contributed by atoms with Gasteiger partial charge < -0.3 is 15.2 Å². The van der Waals surface area contributed by atoms with Gasteiger partial charge in [-0.05, 0) is 39.9 Å². The maximum atomic E-state index is 12.1. The fourth-order valence-electron chi connectivity index (χ4n) is 3.76. The third-order valence-electron chi connectivity index (χ3n) is 5.15. The molecule has 1 aliphatic rings. The Hall–Kier alpha value is -3.86. The first-order chi connectivity index (χ1) is 14.6. The van der Waals surface area contributed by atoms with Gasteiger partial charge in [0.1, 0.15) is 6.61 Å². The predicted octanol–water partition coefficient (Wildman–Crippen LogP) is 4.94. The lowest BCUT2D eigenvalue weighted by molar-refractivity contribution is 0.0696. The molecule has 3 aromatic rings. The highest BCUT2D eigenvalue weighted by molar-refractivity contribution is 5.88. The first kappa shape index (κ1) is 19.5. The highest BCUT2D eigenvalue weighted by Crippen LogP contribution is 2.44. The molecule has 0 unspecified atom stereocenters.